The number of halogens is 2. The molecule has 0 atom stereocenters. The zero-order valence-corrected chi connectivity index (χ0v) is 14.6. The molecule has 2 heterocycles. The Morgan fingerprint density at radius 3 is 2.78 bits per heavy atom. The number of aromatic nitrogens is 1. The SMILES string of the molecule is ONC(=NCCN1CCOCC1)c1ccnc(Oc2ccc(F)c(F)c2)c1. The highest BCUT2D eigenvalue weighted by Gasteiger charge is 2.11. The number of ether oxygens (including phenoxy) is 2. The number of aliphatic imine (C=N–C) groups is 1. The quantitative estimate of drug-likeness (QED) is 0.456. The highest BCUT2D eigenvalue weighted by Crippen LogP contribution is 2.22. The Hall–Kier alpha value is -2.62. The summed E-state index contributed by atoms with van der Waals surface area (Å²) in [5.41, 5.74) is 2.63. The van der Waals surface area contributed by atoms with Crippen LogP contribution in [0.4, 0.5) is 8.78 Å². The lowest BCUT2D eigenvalue weighted by atomic mass is 10.2. The Morgan fingerprint density at radius 2 is 2.04 bits per heavy atom. The van der Waals surface area contributed by atoms with E-state index in [0.29, 0.717) is 25.3 Å². The summed E-state index contributed by atoms with van der Waals surface area (Å²) in [5, 5.41) is 9.40. The molecule has 0 bridgehead atoms. The van der Waals surface area contributed by atoms with E-state index in [2.05, 4.69) is 20.4 Å². The molecule has 1 aromatic heterocycles. The number of hydrogen-bond acceptors (Lipinski definition) is 6. The fraction of sp³-hybridized carbons (Fsp3) is 0.333. The number of morpholine rings is 1. The Bertz CT molecular complexity index is 798. The first-order chi connectivity index (χ1) is 13.2. The van der Waals surface area contributed by atoms with Gasteiger partial charge in [0.25, 0.3) is 0 Å². The molecule has 1 fully saturated rings. The van der Waals surface area contributed by atoms with Crippen molar-refractivity contribution in [2.75, 3.05) is 39.4 Å². The standard InChI is InChI=1S/C18H20F2N4O3/c19-15-2-1-14(12-16(15)20)27-17-11-13(3-4-21-17)18(23-25)22-5-6-24-7-9-26-10-8-24/h1-4,11-12,25H,5-10H2,(H,22,23). The van der Waals surface area contributed by atoms with E-state index in [9.17, 15) is 14.0 Å². The van der Waals surface area contributed by atoms with Gasteiger partial charge in [-0.2, -0.15) is 0 Å². The van der Waals surface area contributed by atoms with Gasteiger partial charge in [0, 0.05) is 43.5 Å². The number of pyridine rings is 1. The van der Waals surface area contributed by atoms with Gasteiger partial charge in [-0.25, -0.2) is 13.8 Å². The maximum atomic E-state index is 13.3. The summed E-state index contributed by atoms with van der Waals surface area (Å²) in [5.74, 6) is -1.42. The summed E-state index contributed by atoms with van der Waals surface area (Å²) in [7, 11) is 0. The molecule has 1 aromatic carbocycles. The monoisotopic (exact) mass is 378 g/mol. The number of nitrogens with zero attached hydrogens (tertiary/aromatic N) is 3. The van der Waals surface area contributed by atoms with E-state index in [0.717, 1.165) is 31.8 Å². The first kappa shape index (κ1) is 19.2. The number of rotatable bonds is 6. The maximum absolute atomic E-state index is 13.3. The molecule has 0 saturated carbocycles. The minimum atomic E-state index is -1.01. The van der Waals surface area contributed by atoms with E-state index in [4.69, 9.17) is 9.47 Å². The van der Waals surface area contributed by atoms with Crippen LogP contribution in [0.15, 0.2) is 41.5 Å². The summed E-state index contributed by atoms with van der Waals surface area (Å²) >= 11 is 0. The van der Waals surface area contributed by atoms with Crippen molar-refractivity contribution in [1.29, 1.82) is 0 Å². The van der Waals surface area contributed by atoms with Crippen LogP contribution in [-0.4, -0.2) is 60.3 Å². The molecule has 0 unspecified atom stereocenters. The third-order valence-corrected chi connectivity index (χ3v) is 4.02. The third kappa shape index (κ3) is 5.43. The predicted octanol–water partition coefficient (Wildman–Crippen LogP) is 2.21. The molecule has 7 nitrogen and oxygen atoms in total. The number of amidine groups is 1. The van der Waals surface area contributed by atoms with E-state index in [1.807, 2.05) is 0 Å². The van der Waals surface area contributed by atoms with Gasteiger partial charge in [0.05, 0.1) is 19.8 Å². The fourth-order valence-electron chi connectivity index (χ4n) is 2.59. The summed E-state index contributed by atoms with van der Waals surface area (Å²) in [6.45, 7) is 4.38. The van der Waals surface area contributed by atoms with E-state index < -0.39 is 11.6 Å². The first-order valence-corrected chi connectivity index (χ1v) is 8.49. The second-order valence-corrected chi connectivity index (χ2v) is 5.86. The minimum absolute atomic E-state index is 0.112. The molecule has 1 aliphatic heterocycles. The molecular formula is C18H20F2N4O3. The lowest BCUT2D eigenvalue weighted by molar-refractivity contribution is 0.0394. The average molecular weight is 378 g/mol. The second-order valence-electron chi connectivity index (χ2n) is 5.86. The molecule has 144 valence electrons. The maximum Gasteiger partial charge on any atom is 0.219 e. The number of hydrogen-bond donors (Lipinski definition) is 2. The van der Waals surface area contributed by atoms with E-state index in [1.54, 1.807) is 6.07 Å². The second kappa shape index (κ2) is 9.36. The highest BCUT2D eigenvalue weighted by atomic mass is 19.2. The molecule has 9 heteroatoms. The van der Waals surface area contributed by atoms with Crippen LogP contribution in [0.1, 0.15) is 5.56 Å². The molecule has 0 spiro atoms. The zero-order chi connectivity index (χ0) is 19.1. The van der Waals surface area contributed by atoms with Crippen LogP contribution in [-0.2, 0) is 4.74 Å². The van der Waals surface area contributed by atoms with Crippen LogP contribution in [0.25, 0.3) is 0 Å². The lowest BCUT2D eigenvalue weighted by Gasteiger charge is -2.25. The topological polar surface area (TPSA) is 79.2 Å². The van der Waals surface area contributed by atoms with Crippen LogP contribution in [0, 0.1) is 11.6 Å². The Kier molecular flexibility index (Phi) is 6.64. The molecule has 2 aromatic rings. The van der Waals surface area contributed by atoms with Crippen LogP contribution < -0.4 is 10.2 Å². The van der Waals surface area contributed by atoms with Crippen LogP contribution in [0.2, 0.25) is 0 Å². The highest BCUT2D eigenvalue weighted by molar-refractivity contribution is 5.98. The lowest BCUT2D eigenvalue weighted by Crippen LogP contribution is -2.38. The van der Waals surface area contributed by atoms with Crippen LogP contribution in [0.3, 0.4) is 0 Å². The molecule has 1 aliphatic rings. The van der Waals surface area contributed by atoms with Gasteiger partial charge in [-0.05, 0) is 18.2 Å². The van der Waals surface area contributed by atoms with Crippen molar-refractivity contribution in [3.63, 3.8) is 0 Å². The van der Waals surface area contributed by atoms with Crippen molar-refractivity contribution in [2.45, 2.75) is 0 Å². The summed E-state index contributed by atoms with van der Waals surface area (Å²) in [6.07, 6.45) is 1.47. The van der Waals surface area contributed by atoms with Gasteiger partial charge in [0.15, 0.2) is 17.5 Å². The molecule has 0 aliphatic carbocycles. The van der Waals surface area contributed by atoms with Crippen molar-refractivity contribution in [2.24, 2.45) is 4.99 Å². The van der Waals surface area contributed by atoms with E-state index in [-0.39, 0.29) is 17.5 Å². The predicted molar refractivity (Wildman–Crippen MR) is 94.3 cm³/mol. The normalized spacial score (nSPS) is 15.6. The molecule has 3 rings (SSSR count). The zero-order valence-electron chi connectivity index (χ0n) is 14.6. The van der Waals surface area contributed by atoms with E-state index >= 15 is 0 Å². The van der Waals surface area contributed by atoms with Crippen LogP contribution >= 0.6 is 0 Å². The van der Waals surface area contributed by atoms with Crippen molar-refractivity contribution >= 4 is 5.84 Å². The molecule has 27 heavy (non-hydrogen) atoms. The Labute approximate surface area is 155 Å². The smallest absolute Gasteiger partial charge is 0.219 e. The van der Waals surface area contributed by atoms with Gasteiger partial charge in [-0.15, -0.1) is 0 Å². The van der Waals surface area contributed by atoms with Crippen molar-refractivity contribution in [1.82, 2.24) is 15.4 Å². The molecular weight excluding hydrogens is 358 g/mol. The third-order valence-electron chi connectivity index (χ3n) is 4.02. The Balaban J connectivity index is 1.66. The summed E-state index contributed by atoms with van der Waals surface area (Å²) in [4.78, 5) is 10.6. The van der Waals surface area contributed by atoms with Crippen molar-refractivity contribution in [3.8, 4) is 11.6 Å². The fourth-order valence-corrected chi connectivity index (χ4v) is 2.59. The first-order valence-electron chi connectivity index (χ1n) is 8.49. The van der Waals surface area contributed by atoms with Gasteiger partial charge in [0.1, 0.15) is 5.75 Å². The summed E-state index contributed by atoms with van der Waals surface area (Å²) in [6, 6.07) is 6.40. The van der Waals surface area contributed by atoms with Gasteiger partial charge in [-0.3, -0.25) is 20.6 Å². The average Bonchev–Trinajstić information content (AvgIpc) is 2.69. The van der Waals surface area contributed by atoms with E-state index in [1.165, 1.54) is 18.3 Å². The van der Waals surface area contributed by atoms with Gasteiger partial charge in [0.2, 0.25) is 5.88 Å². The van der Waals surface area contributed by atoms with Crippen molar-refractivity contribution < 1.29 is 23.5 Å². The van der Waals surface area contributed by atoms with Crippen LogP contribution in [0.5, 0.6) is 11.6 Å². The molecule has 2 N–H and O–H groups in total. The Morgan fingerprint density at radius 1 is 1.22 bits per heavy atom. The molecule has 0 amide bonds. The molecule has 1 saturated heterocycles. The van der Waals surface area contributed by atoms with Gasteiger partial charge < -0.3 is 9.47 Å². The minimum Gasteiger partial charge on any atom is -0.439 e. The van der Waals surface area contributed by atoms with Gasteiger partial charge >= 0.3 is 0 Å². The number of nitrogens with one attached hydrogen (secondary N) is 1. The number of benzene rings is 1. The summed E-state index contributed by atoms with van der Waals surface area (Å²) < 4.78 is 37.0. The van der Waals surface area contributed by atoms with Crippen molar-refractivity contribution in [3.05, 3.63) is 53.7 Å². The number of hydroxylamine groups is 1. The largest absolute Gasteiger partial charge is 0.439 e. The van der Waals surface area contributed by atoms with Gasteiger partial charge in [-0.1, -0.05) is 0 Å². The molecule has 0 radical (unpaired) electrons.